The molecule has 8 nitrogen and oxygen atoms in total. The average molecular weight is 322 g/mol. The first kappa shape index (κ1) is 18.0. The summed E-state index contributed by atoms with van der Waals surface area (Å²) in [5, 5.41) is 4.17. The van der Waals surface area contributed by atoms with Gasteiger partial charge in [0, 0.05) is 13.1 Å². The molecule has 0 unspecified atom stereocenters. The SMILES string of the molecule is CNC(=O)NC(=O)COC(=O)/C=C/c1ccc(OC)c(OC)c1. The number of carbonyl (C=O) groups excluding carboxylic acids is 3. The summed E-state index contributed by atoms with van der Waals surface area (Å²) >= 11 is 0. The highest BCUT2D eigenvalue weighted by atomic mass is 16.5. The summed E-state index contributed by atoms with van der Waals surface area (Å²) in [5.74, 6) is -0.352. The normalized spacial score (nSPS) is 10.0. The van der Waals surface area contributed by atoms with Crippen molar-refractivity contribution in [2.24, 2.45) is 0 Å². The fourth-order valence-electron chi connectivity index (χ4n) is 1.53. The lowest BCUT2D eigenvalue weighted by Crippen LogP contribution is -2.39. The van der Waals surface area contributed by atoms with Gasteiger partial charge in [0.25, 0.3) is 5.91 Å². The average Bonchev–Trinajstić information content (AvgIpc) is 2.57. The van der Waals surface area contributed by atoms with Gasteiger partial charge in [0.15, 0.2) is 18.1 Å². The van der Waals surface area contributed by atoms with Gasteiger partial charge in [-0.25, -0.2) is 9.59 Å². The Morgan fingerprint density at radius 2 is 1.83 bits per heavy atom. The number of imide groups is 1. The minimum atomic E-state index is -0.725. The lowest BCUT2D eigenvalue weighted by atomic mass is 10.2. The molecule has 0 saturated carbocycles. The Kier molecular flexibility index (Phi) is 7.12. The molecule has 1 rings (SSSR count). The first-order valence-electron chi connectivity index (χ1n) is 6.58. The van der Waals surface area contributed by atoms with Crippen molar-refractivity contribution in [3.8, 4) is 11.5 Å². The van der Waals surface area contributed by atoms with Crippen molar-refractivity contribution in [3.05, 3.63) is 29.8 Å². The van der Waals surface area contributed by atoms with Gasteiger partial charge in [0.2, 0.25) is 0 Å². The van der Waals surface area contributed by atoms with Crippen molar-refractivity contribution < 1.29 is 28.6 Å². The second-order valence-corrected chi connectivity index (χ2v) is 4.18. The summed E-state index contributed by atoms with van der Waals surface area (Å²) in [6.45, 7) is -0.553. The van der Waals surface area contributed by atoms with Crippen molar-refractivity contribution in [1.82, 2.24) is 10.6 Å². The summed E-state index contributed by atoms with van der Waals surface area (Å²) in [6.07, 6.45) is 2.66. The predicted molar refractivity (Wildman–Crippen MR) is 82.1 cm³/mol. The third kappa shape index (κ3) is 6.08. The van der Waals surface area contributed by atoms with Gasteiger partial charge in [-0.05, 0) is 23.8 Å². The maximum atomic E-state index is 11.5. The second-order valence-electron chi connectivity index (χ2n) is 4.18. The number of urea groups is 1. The standard InChI is InChI=1S/C15H18N2O6/c1-16-15(20)17-13(18)9-23-14(19)7-5-10-4-6-11(21-2)12(8-10)22-3/h4-8H,9H2,1-3H3,(H2,16,17,18,20)/b7-5+. The van der Waals surface area contributed by atoms with E-state index in [-0.39, 0.29) is 0 Å². The first-order chi connectivity index (χ1) is 11.0. The van der Waals surface area contributed by atoms with Crippen LogP contribution in [0.25, 0.3) is 6.08 Å². The number of ether oxygens (including phenoxy) is 3. The third-order valence-corrected chi connectivity index (χ3v) is 2.64. The van der Waals surface area contributed by atoms with E-state index in [9.17, 15) is 14.4 Å². The number of benzene rings is 1. The quantitative estimate of drug-likeness (QED) is 0.591. The minimum Gasteiger partial charge on any atom is -0.493 e. The number of carbonyl (C=O) groups is 3. The van der Waals surface area contributed by atoms with E-state index >= 15 is 0 Å². The Hall–Kier alpha value is -3.03. The molecule has 3 amide bonds. The number of amides is 3. The van der Waals surface area contributed by atoms with Crippen molar-refractivity contribution in [2.45, 2.75) is 0 Å². The molecule has 0 aliphatic rings. The molecule has 0 aromatic heterocycles. The molecule has 0 atom stereocenters. The minimum absolute atomic E-state index is 0.521. The summed E-state index contributed by atoms with van der Waals surface area (Å²) in [4.78, 5) is 33.6. The van der Waals surface area contributed by atoms with Gasteiger partial charge < -0.3 is 19.5 Å². The van der Waals surface area contributed by atoms with Gasteiger partial charge in [-0.1, -0.05) is 6.07 Å². The molecule has 2 N–H and O–H groups in total. The van der Waals surface area contributed by atoms with Crippen LogP contribution in [0.5, 0.6) is 11.5 Å². The zero-order valence-corrected chi connectivity index (χ0v) is 13.0. The number of rotatable bonds is 6. The van der Waals surface area contributed by atoms with Gasteiger partial charge in [0.05, 0.1) is 14.2 Å². The Bertz CT molecular complexity index is 612. The van der Waals surface area contributed by atoms with Crippen LogP contribution in [0.2, 0.25) is 0 Å². The van der Waals surface area contributed by atoms with Crippen LogP contribution in [0.4, 0.5) is 4.79 Å². The summed E-state index contributed by atoms with van der Waals surface area (Å²) < 4.78 is 14.9. The highest BCUT2D eigenvalue weighted by Gasteiger charge is 2.08. The highest BCUT2D eigenvalue weighted by Crippen LogP contribution is 2.27. The molecule has 0 radical (unpaired) electrons. The Morgan fingerprint density at radius 3 is 2.43 bits per heavy atom. The summed E-state index contributed by atoms with van der Waals surface area (Å²) in [6, 6.07) is 4.43. The Balaban J connectivity index is 2.55. The number of hydrogen-bond acceptors (Lipinski definition) is 6. The maximum absolute atomic E-state index is 11.5. The Labute approximate surface area is 133 Å². The van der Waals surface area contributed by atoms with Gasteiger partial charge in [0.1, 0.15) is 0 Å². The zero-order chi connectivity index (χ0) is 17.2. The van der Waals surface area contributed by atoms with E-state index in [2.05, 4.69) is 5.32 Å². The smallest absolute Gasteiger partial charge is 0.331 e. The topological polar surface area (TPSA) is 103 Å². The largest absolute Gasteiger partial charge is 0.493 e. The van der Waals surface area contributed by atoms with Crippen LogP contribution in [-0.2, 0) is 14.3 Å². The molecule has 0 heterocycles. The van der Waals surface area contributed by atoms with Gasteiger partial charge in [-0.2, -0.15) is 0 Å². The lowest BCUT2D eigenvalue weighted by molar-refractivity contribution is -0.143. The fraction of sp³-hybridized carbons (Fsp3) is 0.267. The number of esters is 1. The molecule has 0 aliphatic carbocycles. The van der Waals surface area contributed by atoms with Crippen LogP contribution in [0.15, 0.2) is 24.3 Å². The van der Waals surface area contributed by atoms with E-state index in [4.69, 9.17) is 14.2 Å². The number of methoxy groups -OCH3 is 2. The Morgan fingerprint density at radius 1 is 1.13 bits per heavy atom. The van der Waals surface area contributed by atoms with Crippen LogP contribution in [0, 0.1) is 0 Å². The highest BCUT2D eigenvalue weighted by molar-refractivity contribution is 5.96. The second kappa shape index (κ2) is 9.08. The van der Waals surface area contributed by atoms with Crippen LogP contribution >= 0.6 is 0 Å². The van der Waals surface area contributed by atoms with Gasteiger partial charge >= 0.3 is 12.0 Å². The van der Waals surface area contributed by atoms with Crippen LogP contribution < -0.4 is 20.1 Å². The monoisotopic (exact) mass is 322 g/mol. The lowest BCUT2D eigenvalue weighted by Gasteiger charge is -2.07. The molecule has 124 valence electrons. The molecular formula is C15H18N2O6. The van der Waals surface area contributed by atoms with Crippen molar-refractivity contribution in [1.29, 1.82) is 0 Å². The third-order valence-electron chi connectivity index (χ3n) is 2.64. The van der Waals surface area contributed by atoms with Gasteiger partial charge in [-0.15, -0.1) is 0 Å². The molecule has 0 saturated heterocycles. The zero-order valence-electron chi connectivity index (χ0n) is 13.0. The first-order valence-corrected chi connectivity index (χ1v) is 6.58. The van der Waals surface area contributed by atoms with Crippen molar-refractivity contribution in [2.75, 3.05) is 27.9 Å². The molecular weight excluding hydrogens is 304 g/mol. The van der Waals surface area contributed by atoms with Gasteiger partial charge in [-0.3, -0.25) is 10.1 Å². The van der Waals surface area contributed by atoms with Crippen LogP contribution in [0.3, 0.4) is 0 Å². The summed E-state index contributed by atoms with van der Waals surface area (Å²) in [7, 11) is 4.39. The predicted octanol–water partition coefficient (Wildman–Crippen LogP) is 0.716. The van der Waals surface area contributed by atoms with Crippen molar-refractivity contribution in [3.63, 3.8) is 0 Å². The molecule has 0 aliphatic heterocycles. The molecule has 0 bridgehead atoms. The maximum Gasteiger partial charge on any atom is 0.331 e. The molecule has 8 heteroatoms. The van der Waals surface area contributed by atoms with Crippen LogP contribution in [-0.4, -0.2) is 45.8 Å². The number of nitrogens with one attached hydrogen (secondary N) is 2. The van der Waals surface area contributed by atoms with Crippen LogP contribution in [0.1, 0.15) is 5.56 Å². The molecule has 1 aromatic rings. The van der Waals surface area contributed by atoms with E-state index in [0.29, 0.717) is 17.1 Å². The molecule has 1 aromatic carbocycles. The van der Waals surface area contributed by atoms with E-state index in [0.717, 1.165) is 6.08 Å². The summed E-state index contributed by atoms with van der Waals surface area (Å²) in [5.41, 5.74) is 0.689. The van der Waals surface area contributed by atoms with E-state index in [1.165, 1.54) is 27.3 Å². The van der Waals surface area contributed by atoms with E-state index < -0.39 is 24.5 Å². The fourth-order valence-corrected chi connectivity index (χ4v) is 1.53. The molecule has 0 spiro atoms. The molecule has 23 heavy (non-hydrogen) atoms. The van der Waals surface area contributed by atoms with Crippen molar-refractivity contribution >= 4 is 24.0 Å². The number of hydrogen-bond donors (Lipinski definition) is 2. The molecule has 0 fully saturated rings. The van der Waals surface area contributed by atoms with E-state index in [1.807, 2.05) is 5.32 Å². The van der Waals surface area contributed by atoms with E-state index in [1.54, 1.807) is 18.2 Å².